The highest BCUT2D eigenvalue weighted by Crippen LogP contribution is 2.18. The van der Waals surface area contributed by atoms with Crippen molar-refractivity contribution in [2.24, 2.45) is 5.84 Å². The molecule has 0 saturated carbocycles. The van der Waals surface area contributed by atoms with Gasteiger partial charge in [0.25, 0.3) is 0 Å². The molecule has 10 heavy (non-hydrogen) atoms. The third-order valence-corrected chi connectivity index (χ3v) is 2.09. The summed E-state index contributed by atoms with van der Waals surface area (Å²) in [6, 6.07) is 0.592. The van der Waals surface area contributed by atoms with Crippen molar-refractivity contribution in [1.82, 2.24) is 5.01 Å². The van der Waals surface area contributed by atoms with Gasteiger partial charge in [-0.1, -0.05) is 6.92 Å². The van der Waals surface area contributed by atoms with Crippen LogP contribution >= 0.6 is 0 Å². The maximum absolute atomic E-state index is 6.80. The number of nitrogens with zero attached hydrogens (tertiary/aromatic N) is 2. The van der Waals surface area contributed by atoms with Crippen molar-refractivity contribution in [1.29, 1.82) is 0 Å². The minimum absolute atomic E-state index is 0.148. The molecule has 3 nitrogen and oxygen atoms in total. The number of hydrogen-bond acceptors (Lipinski definition) is 2. The highest BCUT2D eigenvalue weighted by molar-refractivity contribution is 4.92. The molecule has 2 atom stereocenters. The van der Waals surface area contributed by atoms with E-state index in [0.29, 0.717) is 6.04 Å². The minimum Gasteiger partial charge on any atom is -0.312 e. The van der Waals surface area contributed by atoms with Gasteiger partial charge in [-0.3, -0.25) is 5.84 Å². The van der Waals surface area contributed by atoms with Gasteiger partial charge in [-0.15, -0.1) is 0 Å². The molecule has 1 heterocycles. The second kappa shape index (κ2) is 3.00. The van der Waals surface area contributed by atoms with E-state index >= 15 is 0 Å². The van der Waals surface area contributed by atoms with E-state index < -0.39 is 0 Å². The molecule has 0 radical (unpaired) electrons. The van der Waals surface area contributed by atoms with E-state index in [-0.39, 0.29) is 6.04 Å². The molecule has 0 spiro atoms. The molecule has 1 fully saturated rings. The molecule has 0 bridgehead atoms. The van der Waals surface area contributed by atoms with Crippen molar-refractivity contribution in [2.75, 3.05) is 6.54 Å². The van der Waals surface area contributed by atoms with Gasteiger partial charge in [0.1, 0.15) is 0 Å². The predicted octanol–water partition coefficient (Wildman–Crippen LogP) is 0.632. The average Bonchev–Trinajstić information content (AvgIpc) is 2.30. The van der Waals surface area contributed by atoms with Crippen LogP contribution in [0.15, 0.2) is 0 Å². The van der Waals surface area contributed by atoms with Crippen molar-refractivity contribution in [3.05, 3.63) is 11.4 Å². The van der Waals surface area contributed by atoms with E-state index in [9.17, 15) is 0 Å². The zero-order chi connectivity index (χ0) is 7.56. The van der Waals surface area contributed by atoms with Gasteiger partial charge in [-0.2, -0.15) is 0 Å². The summed E-state index contributed by atoms with van der Waals surface area (Å²) in [6.07, 6.45) is 2.01. The second-order valence-electron chi connectivity index (χ2n) is 2.78. The zero-order valence-corrected chi connectivity index (χ0v) is 6.25. The van der Waals surface area contributed by atoms with E-state index in [4.69, 9.17) is 12.4 Å². The van der Waals surface area contributed by atoms with E-state index in [1.165, 1.54) is 0 Å². The molecule has 0 amide bonds. The molecule has 56 valence electrons. The Morgan fingerprint density at radius 2 is 2.50 bits per heavy atom. The molecule has 0 aromatic carbocycles. The molecule has 0 aliphatic carbocycles. The van der Waals surface area contributed by atoms with Crippen LogP contribution < -0.4 is 5.84 Å². The van der Waals surface area contributed by atoms with Gasteiger partial charge < -0.3 is 4.85 Å². The summed E-state index contributed by atoms with van der Waals surface area (Å²) in [5.41, 5.74) is 0. The zero-order valence-electron chi connectivity index (χ0n) is 6.25. The monoisotopic (exact) mass is 139 g/mol. The van der Waals surface area contributed by atoms with Gasteiger partial charge in [-0.05, 0) is 6.42 Å². The van der Waals surface area contributed by atoms with Crippen molar-refractivity contribution in [3.8, 4) is 0 Å². The number of hydrogen-bond donors (Lipinski definition) is 1. The maximum Gasteiger partial charge on any atom is 0.239 e. The minimum atomic E-state index is 0.148. The highest BCUT2D eigenvalue weighted by atomic mass is 15.4. The van der Waals surface area contributed by atoms with Crippen LogP contribution in [0.4, 0.5) is 0 Å². The first-order valence-corrected chi connectivity index (χ1v) is 3.65. The standard InChI is InChI=1S/C7H13N3/c1-3-7-4-6(9-2)5-10(7)8/h6-7H,3-5,8H2,1H3/t6-,7+/m0/s1. The third kappa shape index (κ3) is 1.28. The van der Waals surface area contributed by atoms with Crippen molar-refractivity contribution >= 4 is 0 Å². The molecule has 3 heteroatoms. The fourth-order valence-electron chi connectivity index (χ4n) is 1.41. The predicted molar refractivity (Wildman–Crippen MR) is 40.0 cm³/mol. The Kier molecular flexibility index (Phi) is 2.25. The molecule has 1 aliphatic rings. The van der Waals surface area contributed by atoms with Crippen LogP contribution in [0.1, 0.15) is 19.8 Å². The Hall–Kier alpha value is -0.590. The van der Waals surface area contributed by atoms with E-state index in [1.807, 2.05) is 0 Å². The SMILES string of the molecule is [C-]#[N+][C@H]1C[C@@H](CC)N(N)C1. The number of hydrazine groups is 1. The normalized spacial score (nSPS) is 34.1. The molecular weight excluding hydrogens is 126 g/mol. The summed E-state index contributed by atoms with van der Waals surface area (Å²) in [6.45, 7) is 9.66. The lowest BCUT2D eigenvalue weighted by Gasteiger charge is -2.14. The van der Waals surface area contributed by atoms with Crippen LogP contribution in [-0.2, 0) is 0 Å². The van der Waals surface area contributed by atoms with Crippen LogP contribution in [0.3, 0.4) is 0 Å². The fraction of sp³-hybridized carbons (Fsp3) is 0.857. The topological polar surface area (TPSA) is 33.6 Å². The van der Waals surface area contributed by atoms with E-state index in [2.05, 4.69) is 11.8 Å². The van der Waals surface area contributed by atoms with Crippen LogP contribution in [0.5, 0.6) is 0 Å². The third-order valence-electron chi connectivity index (χ3n) is 2.09. The summed E-state index contributed by atoms with van der Waals surface area (Å²) in [5.74, 6) is 5.65. The second-order valence-corrected chi connectivity index (χ2v) is 2.78. The van der Waals surface area contributed by atoms with Crippen LogP contribution in [0, 0.1) is 6.57 Å². The Bertz CT molecular complexity index is 149. The van der Waals surface area contributed by atoms with Crippen LogP contribution in [0.2, 0.25) is 0 Å². The maximum atomic E-state index is 6.80. The van der Waals surface area contributed by atoms with Crippen molar-refractivity contribution in [2.45, 2.75) is 31.8 Å². The summed E-state index contributed by atoms with van der Waals surface area (Å²) in [5, 5.41) is 1.79. The lowest BCUT2D eigenvalue weighted by molar-refractivity contribution is 0.256. The van der Waals surface area contributed by atoms with Crippen molar-refractivity contribution in [3.63, 3.8) is 0 Å². The first kappa shape index (κ1) is 7.52. The number of rotatable bonds is 1. The van der Waals surface area contributed by atoms with Gasteiger partial charge in [-0.25, -0.2) is 11.6 Å². The Morgan fingerprint density at radius 1 is 1.80 bits per heavy atom. The molecule has 0 aromatic rings. The molecule has 0 aromatic heterocycles. The number of nitrogens with two attached hydrogens (primary N) is 1. The van der Waals surface area contributed by atoms with Gasteiger partial charge in [0.05, 0.1) is 6.54 Å². The van der Waals surface area contributed by atoms with Crippen LogP contribution in [0.25, 0.3) is 4.85 Å². The molecular formula is C7H13N3. The molecule has 2 N–H and O–H groups in total. The molecule has 1 rings (SSSR count). The van der Waals surface area contributed by atoms with Crippen molar-refractivity contribution < 1.29 is 0 Å². The van der Waals surface area contributed by atoms with Gasteiger partial charge in [0.15, 0.2) is 0 Å². The Balaban J connectivity index is 2.46. The van der Waals surface area contributed by atoms with Gasteiger partial charge in [0.2, 0.25) is 6.04 Å². The molecule has 0 unspecified atom stereocenters. The summed E-state index contributed by atoms with van der Waals surface area (Å²) >= 11 is 0. The first-order chi connectivity index (χ1) is 4.77. The van der Waals surface area contributed by atoms with Gasteiger partial charge >= 0.3 is 0 Å². The van der Waals surface area contributed by atoms with E-state index in [1.54, 1.807) is 5.01 Å². The first-order valence-electron chi connectivity index (χ1n) is 3.65. The summed E-state index contributed by atoms with van der Waals surface area (Å²) in [7, 11) is 0. The lowest BCUT2D eigenvalue weighted by atomic mass is 10.1. The molecule has 1 saturated heterocycles. The average molecular weight is 139 g/mol. The summed E-state index contributed by atoms with van der Waals surface area (Å²) < 4.78 is 0. The smallest absolute Gasteiger partial charge is 0.239 e. The fourth-order valence-corrected chi connectivity index (χ4v) is 1.41. The highest BCUT2D eigenvalue weighted by Gasteiger charge is 2.32. The van der Waals surface area contributed by atoms with Crippen LogP contribution in [-0.4, -0.2) is 23.6 Å². The van der Waals surface area contributed by atoms with Gasteiger partial charge in [0, 0.05) is 12.5 Å². The van der Waals surface area contributed by atoms with E-state index in [0.717, 1.165) is 19.4 Å². The Labute approximate surface area is 61.6 Å². The molecule has 1 aliphatic heterocycles. The Morgan fingerprint density at radius 3 is 2.80 bits per heavy atom. The quantitative estimate of drug-likeness (QED) is 0.427. The largest absolute Gasteiger partial charge is 0.312 e. The summed E-state index contributed by atoms with van der Waals surface area (Å²) in [4.78, 5) is 3.46. The lowest BCUT2D eigenvalue weighted by Crippen LogP contribution is -2.35.